The quantitative estimate of drug-likeness (QED) is 0.687. The van der Waals surface area contributed by atoms with Crippen molar-refractivity contribution in [2.24, 2.45) is 0 Å². The van der Waals surface area contributed by atoms with Crippen molar-refractivity contribution < 1.29 is 5.11 Å². The molecule has 0 spiro atoms. The lowest BCUT2D eigenvalue weighted by Crippen LogP contribution is -1.75. The average molecular weight is 167 g/mol. The smallest absolute Gasteiger partial charge is 0.148 e. The fourth-order valence-electron chi connectivity index (χ4n) is 0.606. The maximum atomic E-state index is 9.22. The predicted octanol–water partition coefficient (Wildman–Crippen LogP) is 2.41. The van der Waals surface area contributed by atoms with Gasteiger partial charge in [0.1, 0.15) is 10.8 Å². The monoisotopic (exact) mass is 167 g/mol. The normalized spacial score (nSPS) is 10.6. The van der Waals surface area contributed by atoms with Gasteiger partial charge in [-0.2, -0.15) is 0 Å². The molecule has 0 bridgehead atoms. The first-order valence-corrected chi connectivity index (χ1v) is 4.14. The van der Waals surface area contributed by atoms with Crippen LogP contribution >= 0.6 is 11.8 Å². The summed E-state index contributed by atoms with van der Waals surface area (Å²) in [5.41, 5.74) is 0. The Kier molecular flexibility index (Phi) is 2.98. The summed E-state index contributed by atoms with van der Waals surface area (Å²) < 4.78 is 0. The van der Waals surface area contributed by atoms with Crippen molar-refractivity contribution in [1.82, 2.24) is 4.98 Å². The lowest BCUT2D eigenvalue weighted by atomic mass is 10.5. The van der Waals surface area contributed by atoms with Gasteiger partial charge >= 0.3 is 0 Å². The zero-order valence-electron chi connectivity index (χ0n) is 6.19. The third-order valence-corrected chi connectivity index (χ3v) is 2.01. The molecule has 1 heterocycles. The second kappa shape index (κ2) is 4.03. The van der Waals surface area contributed by atoms with Gasteiger partial charge in [-0.3, -0.25) is 0 Å². The van der Waals surface area contributed by atoms with Crippen LogP contribution < -0.4 is 0 Å². The lowest BCUT2D eigenvalue weighted by molar-refractivity contribution is 0.457. The molecule has 11 heavy (non-hydrogen) atoms. The SMILES string of the molecule is C/C=C/Sc1ncccc1O. The molecule has 1 N–H and O–H groups in total. The molecule has 58 valence electrons. The van der Waals surface area contributed by atoms with Crippen LogP contribution in [-0.2, 0) is 0 Å². The summed E-state index contributed by atoms with van der Waals surface area (Å²) >= 11 is 1.41. The molecule has 0 saturated heterocycles. The maximum Gasteiger partial charge on any atom is 0.148 e. The van der Waals surface area contributed by atoms with E-state index < -0.39 is 0 Å². The molecule has 3 heteroatoms. The van der Waals surface area contributed by atoms with Gasteiger partial charge in [-0.25, -0.2) is 4.98 Å². The Labute approximate surface area is 70.0 Å². The number of pyridine rings is 1. The zero-order valence-corrected chi connectivity index (χ0v) is 7.01. The second-order valence-corrected chi connectivity index (χ2v) is 2.81. The van der Waals surface area contributed by atoms with Crippen LogP contribution in [0.4, 0.5) is 0 Å². The van der Waals surface area contributed by atoms with Crippen LogP contribution in [0.25, 0.3) is 0 Å². The molecule has 1 aromatic rings. The highest BCUT2D eigenvalue weighted by molar-refractivity contribution is 8.02. The lowest BCUT2D eigenvalue weighted by Gasteiger charge is -1.96. The van der Waals surface area contributed by atoms with Crippen LogP contribution in [0.1, 0.15) is 6.92 Å². The Morgan fingerprint density at radius 2 is 2.45 bits per heavy atom. The van der Waals surface area contributed by atoms with Gasteiger partial charge in [0.05, 0.1) is 0 Å². The number of hydrogen-bond acceptors (Lipinski definition) is 3. The molecule has 0 amide bonds. The van der Waals surface area contributed by atoms with E-state index in [-0.39, 0.29) is 5.75 Å². The highest BCUT2D eigenvalue weighted by Crippen LogP contribution is 2.25. The molecule has 1 aromatic heterocycles. The van der Waals surface area contributed by atoms with E-state index in [1.54, 1.807) is 18.3 Å². The molecule has 0 aliphatic carbocycles. The van der Waals surface area contributed by atoms with E-state index in [9.17, 15) is 5.11 Å². The third-order valence-electron chi connectivity index (χ3n) is 1.07. The van der Waals surface area contributed by atoms with Crippen LogP contribution in [0.5, 0.6) is 5.75 Å². The number of allylic oxidation sites excluding steroid dienone is 1. The number of hydrogen-bond donors (Lipinski definition) is 1. The van der Waals surface area contributed by atoms with Gasteiger partial charge < -0.3 is 5.11 Å². The van der Waals surface area contributed by atoms with Gasteiger partial charge in [0.25, 0.3) is 0 Å². The first-order chi connectivity index (χ1) is 5.34. The maximum absolute atomic E-state index is 9.22. The number of aromatic nitrogens is 1. The molecule has 0 aliphatic rings. The molecule has 0 aromatic carbocycles. The Morgan fingerprint density at radius 3 is 3.09 bits per heavy atom. The van der Waals surface area contributed by atoms with Gasteiger partial charge in [-0.1, -0.05) is 17.8 Å². The summed E-state index contributed by atoms with van der Waals surface area (Å²) in [5.74, 6) is 0.232. The highest BCUT2D eigenvalue weighted by atomic mass is 32.2. The van der Waals surface area contributed by atoms with E-state index in [0.29, 0.717) is 5.03 Å². The van der Waals surface area contributed by atoms with Gasteiger partial charge in [0.15, 0.2) is 0 Å². The minimum absolute atomic E-state index is 0.232. The van der Waals surface area contributed by atoms with Crippen LogP contribution in [-0.4, -0.2) is 10.1 Å². The molecule has 0 aliphatic heterocycles. The topological polar surface area (TPSA) is 33.1 Å². The van der Waals surface area contributed by atoms with Gasteiger partial charge in [0, 0.05) is 6.20 Å². The predicted molar refractivity (Wildman–Crippen MR) is 46.6 cm³/mol. The second-order valence-electron chi connectivity index (χ2n) is 1.91. The Bertz CT molecular complexity index is 260. The molecule has 2 nitrogen and oxygen atoms in total. The first kappa shape index (κ1) is 8.14. The fourth-order valence-corrected chi connectivity index (χ4v) is 1.18. The molecule has 0 atom stereocenters. The van der Waals surface area contributed by atoms with Crippen molar-refractivity contribution in [3.8, 4) is 5.75 Å². The van der Waals surface area contributed by atoms with Crippen molar-refractivity contribution in [1.29, 1.82) is 0 Å². The summed E-state index contributed by atoms with van der Waals surface area (Å²) in [7, 11) is 0. The van der Waals surface area contributed by atoms with E-state index in [4.69, 9.17) is 0 Å². The van der Waals surface area contributed by atoms with E-state index in [0.717, 1.165) is 0 Å². The van der Waals surface area contributed by atoms with Gasteiger partial charge in [0.2, 0.25) is 0 Å². The summed E-state index contributed by atoms with van der Waals surface area (Å²) in [5, 5.41) is 11.7. The summed E-state index contributed by atoms with van der Waals surface area (Å²) in [4.78, 5) is 3.98. The largest absolute Gasteiger partial charge is 0.505 e. The van der Waals surface area contributed by atoms with E-state index in [2.05, 4.69) is 4.98 Å². The minimum Gasteiger partial charge on any atom is -0.505 e. The van der Waals surface area contributed by atoms with Crippen LogP contribution in [0.15, 0.2) is 34.8 Å². The van der Waals surface area contributed by atoms with Crippen molar-refractivity contribution >= 4 is 11.8 Å². The standard InChI is InChI=1S/C8H9NOS/c1-2-6-11-8-7(10)4-3-5-9-8/h2-6,10H,1H3/b6-2+. The Balaban J connectivity index is 2.77. The highest BCUT2D eigenvalue weighted by Gasteiger charge is 1.97. The number of thioether (sulfide) groups is 1. The van der Waals surface area contributed by atoms with Gasteiger partial charge in [-0.05, 0) is 24.5 Å². The summed E-state index contributed by atoms with van der Waals surface area (Å²) in [6.07, 6.45) is 3.56. The zero-order chi connectivity index (χ0) is 8.10. The molecule has 0 saturated carbocycles. The van der Waals surface area contributed by atoms with E-state index in [1.165, 1.54) is 11.8 Å². The van der Waals surface area contributed by atoms with Crippen molar-refractivity contribution in [2.75, 3.05) is 0 Å². The average Bonchev–Trinajstić information content (AvgIpc) is 2.03. The van der Waals surface area contributed by atoms with Crippen molar-refractivity contribution in [3.05, 3.63) is 29.8 Å². The Morgan fingerprint density at radius 1 is 1.64 bits per heavy atom. The number of aromatic hydroxyl groups is 1. The fraction of sp³-hybridized carbons (Fsp3) is 0.125. The van der Waals surface area contributed by atoms with Crippen LogP contribution in [0.2, 0.25) is 0 Å². The minimum atomic E-state index is 0.232. The summed E-state index contributed by atoms with van der Waals surface area (Å²) in [6, 6.07) is 3.33. The summed E-state index contributed by atoms with van der Waals surface area (Å²) in [6.45, 7) is 1.92. The first-order valence-electron chi connectivity index (χ1n) is 3.26. The van der Waals surface area contributed by atoms with Crippen molar-refractivity contribution in [2.45, 2.75) is 11.9 Å². The molecular weight excluding hydrogens is 158 g/mol. The molecule has 0 fully saturated rings. The van der Waals surface area contributed by atoms with Crippen LogP contribution in [0, 0.1) is 0 Å². The number of nitrogens with zero attached hydrogens (tertiary/aromatic N) is 1. The van der Waals surface area contributed by atoms with E-state index >= 15 is 0 Å². The molecular formula is C8H9NOS. The van der Waals surface area contributed by atoms with Crippen LogP contribution in [0.3, 0.4) is 0 Å². The molecule has 0 unspecified atom stereocenters. The number of rotatable bonds is 2. The van der Waals surface area contributed by atoms with Crippen molar-refractivity contribution in [3.63, 3.8) is 0 Å². The van der Waals surface area contributed by atoms with Gasteiger partial charge in [-0.15, -0.1) is 0 Å². The molecule has 0 radical (unpaired) electrons. The van der Waals surface area contributed by atoms with E-state index in [1.807, 2.05) is 18.4 Å². The Hall–Kier alpha value is -0.960. The third kappa shape index (κ3) is 2.27. The molecule has 1 rings (SSSR count).